The molecule has 1 unspecified atom stereocenters. The van der Waals surface area contributed by atoms with E-state index >= 15 is 0 Å². The van der Waals surface area contributed by atoms with E-state index in [2.05, 4.69) is 18.7 Å². The van der Waals surface area contributed by atoms with Crippen molar-refractivity contribution in [3.63, 3.8) is 0 Å². The van der Waals surface area contributed by atoms with Crippen LogP contribution >= 0.6 is 0 Å². The highest BCUT2D eigenvalue weighted by atomic mass is 16.6. The monoisotopic (exact) mass is 565 g/mol. The fourth-order valence-electron chi connectivity index (χ4n) is 7.11. The number of benzene rings is 1. The van der Waals surface area contributed by atoms with E-state index in [0.29, 0.717) is 32.4 Å². The molecular weight excluding hydrogens is 522 g/mol. The highest BCUT2D eigenvalue weighted by Gasteiger charge is 2.74. The number of carbonyl (C=O) groups is 3. The van der Waals surface area contributed by atoms with Gasteiger partial charge >= 0.3 is 5.97 Å². The fraction of sp³-hybridized carbons (Fsp3) is 0.594. The van der Waals surface area contributed by atoms with E-state index in [1.807, 2.05) is 55.5 Å². The lowest BCUT2D eigenvalue weighted by Crippen LogP contribution is -2.56. The molecule has 4 heterocycles. The van der Waals surface area contributed by atoms with Gasteiger partial charge in [0.2, 0.25) is 5.91 Å². The third kappa shape index (κ3) is 5.07. The van der Waals surface area contributed by atoms with Crippen LogP contribution < -0.4 is 9.80 Å². The van der Waals surface area contributed by atoms with Crippen molar-refractivity contribution in [2.75, 3.05) is 49.2 Å². The Morgan fingerprint density at radius 3 is 2.44 bits per heavy atom. The molecule has 1 aromatic rings. The number of ether oxygens (including phenoxy) is 2. The second-order valence-electron chi connectivity index (χ2n) is 11.6. The summed E-state index contributed by atoms with van der Waals surface area (Å²) >= 11 is 0. The van der Waals surface area contributed by atoms with Crippen LogP contribution in [-0.2, 0) is 23.9 Å². The highest BCUT2D eigenvalue weighted by molar-refractivity contribution is 6.05. The van der Waals surface area contributed by atoms with Gasteiger partial charge in [0.15, 0.2) is 0 Å². The third-order valence-corrected chi connectivity index (χ3v) is 9.10. The summed E-state index contributed by atoms with van der Waals surface area (Å²) in [4.78, 5) is 47.9. The molecule has 2 fully saturated rings. The lowest BCUT2D eigenvalue weighted by Gasteiger charge is -2.37. The van der Waals surface area contributed by atoms with Crippen molar-refractivity contribution in [3.8, 4) is 0 Å². The number of hydrogen-bond acceptors (Lipinski definition) is 7. The van der Waals surface area contributed by atoms with Crippen molar-refractivity contribution in [3.05, 3.63) is 48.6 Å². The average Bonchev–Trinajstić information content (AvgIpc) is 3.31. The number of hydrogen-bond donors (Lipinski definition) is 1. The van der Waals surface area contributed by atoms with Crippen molar-refractivity contribution in [1.29, 1.82) is 0 Å². The lowest BCUT2D eigenvalue weighted by atomic mass is 9.74. The van der Waals surface area contributed by atoms with E-state index in [-0.39, 0.29) is 25.0 Å². The first-order valence-corrected chi connectivity index (χ1v) is 15.1. The number of esters is 1. The molecule has 1 aromatic carbocycles. The molecule has 9 nitrogen and oxygen atoms in total. The second kappa shape index (κ2) is 12.0. The number of nitrogens with zero attached hydrogens (tertiary/aromatic N) is 3. The van der Waals surface area contributed by atoms with Gasteiger partial charge in [-0.25, -0.2) is 0 Å². The van der Waals surface area contributed by atoms with Crippen molar-refractivity contribution in [2.45, 2.75) is 70.1 Å². The van der Waals surface area contributed by atoms with E-state index < -0.39 is 35.0 Å². The molecular formula is C32H43N3O6. The number of allylic oxidation sites excluding steroid dienone is 1. The Bertz CT molecular complexity index is 1190. The van der Waals surface area contributed by atoms with Gasteiger partial charge in [-0.2, -0.15) is 0 Å². The van der Waals surface area contributed by atoms with Gasteiger partial charge in [0.1, 0.15) is 17.6 Å². The van der Waals surface area contributed by atoms with Gasteiger partial charge in [0.05, 0.1) is 18.1 Å². The number of amides is 2. The van der Waals surface area contributed by atoms with E-state index in [0.717, 1.165) is 37.3 Å². The van der Waals surface area contributed by atoms with Gasteiger partial charge in [-0.15, -0.1) is 0 Å². The molecule has 1 spiro atoms. The Morgan fingerprint density at radius 2 is 1.73 bits per heavy atom. The molecule has 0 aromatic heterocycles. The summed E-state index contributed by atoms with van der Waals surface area (Å²) in [5.41, 5.74) is -0.564. The minimum atomic E-state index is -1.30. The molecule has 0 bridgehead atoms. The first kappa shape index (κ1) is 29.3. The molecule has 4 aliphatic rings. The number of cyclic esters (lactones) is 1. The van der Waals surface area contributed by atoms with Gasteiger partial charge in [-0.3, -0.25) is 14.4 Å². The SMILES string of the molecule is CCN(CC)c1ccc(N2CC=C[C@]34O[C@]5(C)/C=C\CCCOC(=O)[C@@H]5[C@H]3C(=O)N(CCCCCO)C4C2=O)cc1. The minimum absolute atomic E-state index is 0.0740. The number of rotatable bonds is 9. The standard InChI is InChI=1S/C32H43N3O6/c1-4-33(5-2)23-13-15-24(16-14-23)34-20-12-18-32-25(26-30(39)40-22-11-6-8-17-31(26,3)41-32)28(37)35(27(32)29(34)38)19-9-7-10-21-36/h8,12-18,25-27,36H,4-7,9-11,19-22H2,1-3H3/b17-8-/t25-,26-,27?,31+,32-/m0/s1. The minimum Gasteiger partial charge on any atom is -0.465 e. The molecule has 0 radical (unpaired) electrons. The Labute approximate surface area is 242 Å². The quantitative estimate of drug-likeness (QED) is 0.278. The summed E-state index contributed by atoms with van der Waals surface area (Å²) in [5, 5.41) is 9.28. The molecule has 2 saturated heterocycles. The summed E-state index contributed by atoms with van der Waals surface area (Å²) in [6.45, 7) is 8.84. The Balaban J connectivity index is 1.55. The van der Waals surface area contributed by atoms with Crippen LogP contribution in [0.15, 0.2) is 48.6 Å². The Kier molecular flexibility index (Phi) is 8.57. The maximum Gasteiger partial charge on any atom is 0.313 e. The molecule has 4 aliphatic heterocycles. The lowest BCUT2D eigenvalue weighted by molar-refractivity contribution is -0.158. The first-order valence-electron chi connectivity index (χ1n) is 15.1. The van der Waals surface area contributed by atoms with Crippen LogP contribution in [0.3, 0.4) is 0 Å². The Hall–Kier alpha value is -3.17. The van der Waals surface area contributed by atoms with Gasteiger partial charge in [-0.05, 0) is 77.1 Å². The number of aliphatic hydroxyl groups is 1. The van der Waals surface area contributed by atoms with Gasteiger partial charge in [0.25, 0.3) is 5.91 Å². The highest BCUT2D eigenvalue weighted by Crippen LogP contribution is 2.57. The van der Waals surface area contributed by atoms with Crippen LogP contribution in [0.2, 0.25) is 0 Å². The van der Waals surface area contributed by atoms with Crippen molar-refractivity contribution >= 4 is 29.2 Å². The van der Waals surface area contributed by atoms with E-state index in [9.17, 15) is 19.5 Å². The Morgan fingerprint density at radius 1 is 0.976 bits per heavy atom. The summed E-state index contributed by atoms with van der Waals surface area (Å²) < 4.78 is 12.5. The zero-order chi connectivity index (χ0) is 29.2. The molecule has 5 atom stereocenters. The fourth-order valence-corrected chi connectivity index (χ4v) is 7.11. The van der Waals surface area contributed by atoms with Crippen molar-refractivity contribution in [1.82, 2.24) is 4.90 Å². The van der Waals surface area contributed by atoms with Crippen LogP contribution in [0.5, 0.6) is 0 Å². The average molecular weight is 566 g/mol. The van der Waals surface area contributed by atoms with Crippen molar-refractivity contribution < 1.29 is 29.0 Å². The van der Waals surface area contributed by atoms with E-state index in [1.54, 1.807) is 9.80 Å². The zero-order valence-corrected chi connectivity index (χ0v) is 24.5. The van der Waals surface area contributed by atoms with Crippen LogP contribution in [0, 0.1) is 11.8 Å². The molecule has 2 amide bonds. The summed E-state index contributed by atoms with van der Waals surface area (Å²) in [7, 11) is 0. The number of carbonyl (C=O) groups excluding carboxylic acids is 3. The number of likely N-dealkylation sites (tertiary alicyclic amines) is 1. The van der Waals surface area contributed by atoms with E-state index in [1.165, 1.54) is 0 Å². The first-order chi connectivity index (χ1) is 19.8. The van der Waals surface area contributed by atoms with Crippen LogP contribution in [0.1, 0.15) is 52.9 Å². The van der Waals surface area contributed by atoms with E-state index in [4.69, 9.17) is 9.47 Å². The maximum absolute atomic E-state index is 14.6. The summed E-state index contributed by atoms with van der Waals surface area (Å²) in [5.74, 6) is -2.68. The second-order valence-corrected chi connectivity index (χ2v) is 11.6. The molecule has 9 heteroatoms. The molecule has 41 heavy (non-hydrogen) atoms. The van der Waals surface area contributed by atoms with Gasteiger partial charge < -0.3 is 29.3 Å². The van der Waals surface area contributed by atoms with Gasteiger partial charge in [-0.1, -0.05) is 24.3 Å². The molecule has 0 aliphatic carbocycles. The maximum atomic E-state index is 14.6. The molecule has 5 rings (SSSR count). The van der Waals surface area contributed by atoms with Gasteiger partial charge in [0, 0.05) is 44.2 Å². The van der Waals surface area contributed by atoms with Crippen LogP contribution in [-0.4, -0.2) is 84.4 Å². The predicted octanol–water partition coefficient (Wildman–Crippen LogP) is 3.46. The largest absolute Gasteiger partial charge is 0.465 e. The number of anilines is 2. The molecule has 222 valence electrons. The molecule has 1 N–H and O–H groups in total. The predicted molar refractivity (Wildman–Crippen MR) is 156 cm³/mol. The third-order valence-electron chi connectivity index (χ3n) is 9.10. The summed E-state index contributed by atoms with van der Waals surface area (Å²) in [6.07, 6.45) is 11.0. The molecule has 0 saturated carbocycles. The summed E-state index contributed by atoms with van der Waals surface area (Å²) in [6, 6.07) is 7.02. The smallest absolute Gasteiger partial charge is 0.313 e. The zero-order valence-electron chi connectivity index (χ0n) is 24.5. The normalized spacial score (nSPS) is 31.9. The van der Waals surface area contributed by atoms with Crippen LogP contribution in [0.4, 0.5) is 11.4 Å². The van der Waals surface area contributed by atoms with Crippen LogP contribution in [0.25, 0.3) is 0 Å². The van der Waals surface area contributed by atoms with Crippen molar-refractivity contribution in [2.24, 2.45) is 11.8 Å². The number of unbranched alkanes of at least 4 members (excludes halogenated alkanes) is 2. The number of aliphatic hydroxyl groups excluding tert-OH is 1. The topological polar surface area (TPSA) is 99.6 Å². The number of fused-ring (bicyclic) bond motifs is 2.